The molecule has 0 spiro atoms. The highest BCUT2D eigenvalue weighted by Gasteiger charge is 2.22. The number of anilines is 2. The van der Waals surface area contributed by atoms with Gasteiger partial charge in [-0.1, -0.05) is 27.5 Å². The molecule has 1 aromatic heterocycles. The number of imidazole rings is 1. The monoisotopic (exact) mass is 542 g/mol. The lowest BCUT2D eigenvalue weighted by Gasteiger charge is -2.15. The highest BCUT2D eigenvalue weighted by Crippen LogP contribution is 2.34. The molecule has 178 valence electrons. The van der Waals surface area contributed by atoms with E-state index in [-0.39, 0.29) is 30.0 Å². The SMILES string of the molecule is CCOCCCCn1cnc2c(F)c(Nc3ccc(Br)cc3Cl)c(C(=O)NOCCO)cc21. The fraction of sp³-hybridized carbons (Fsp3) is 0.364. The first kappa shape index (κ1) is 25.4. The molecular weight excluding hydrogens is 519 g/mol. The lowest BCUT2D eigenvalue weighted by Crippen LogP contribution is -2.26. The third-order valence-electron chi connectivity index (χ3n) is 4.79. The third-order valence-corrected chi connectivity index (χ3v) is 5.60. The number of unbranched alkanes of at least 4 members (excludes halogenated alkanes) is 1. The van der Waals surface area contributed by atoms with E-state index in [1.54, 1.807) is 35.2 Å². The second-order valence-corrected chi connectivity index (χ2v) is 8.40. The number of nitrogens with zero attached hydrogens (tertiary/aromatic N) is 2. The van der Waals surface area contributed by atoms with Gasteiger partial charge in [-0.15, -0.1) is 0 Å². The minimum absolute atomic E-state index is 0.00740. The van der Waals surface area contributed by atoms with E-state index >= 15 is 4.39 Å². The van der Waals surface area contributed by atoms with Crippen molar-refractivity contribution in [1.82, 2.24) is 15.0 Å². The summed E-state index contributed by atoms with van der Waals surface area (Å²) in [6.45, 7) is 3.47. The number of hydrogen-bond acceptors (Lipinski definition) is 6. The number of fused-ring (bicyclic) bond motifs is 1. The Morgan fingerprint density at radius 3 is 2.85 bits per heavy atom. The van der Waals surface area contributed by atoms with Gasteiger partial charge in [0, 0.05) is 24.2 Å². The smallest absolute Gasteiger partial charge is 0.277 e. The van der Waals surface area contributed by atoms with Crippen LogP contribution in [0.1, 0.15) is 30.1 Å². The molecule has 0 aliphatic heterocycles. The number of nitrogens with one attached hydrogen (secondary N) is 2. The molecule has 8 nitrogen and oxygen atoms in total. The Kier molecular flexibility index (Phi) is 9.45. The van der Waals surface area contributed by atoms with Gasteiger partial charge in [-0.05, 0) is 44.0 Å². The first-order chi connectivity index (χ1) is 16.0. The standard InChI is InChI=1S/C22H25BrClFN4O4/c1-2-32-9-4-3-7-29-13-26-21-18(29)12-15(22(31)28-33-10-8-30)20(19(21)25)27-17-6-5-14(23)11-16(17)24/h5-6,11-13,27,30H,2-4,7-10H2,1H3,(H,28,31). The van der Waals surface area contributed by atoms with Gasteiger partial charge in [0.15, 0.2) is 5.82 Å². The van der Waals surface area contributed by atoms with Crippen LogP contribution in [0.5, 0.6) is 0 Å². The Balaban J connectivity index is 1.97. The van der Waals surface area contributed by atoms with Crippen molar-refractivity contribution in [3.05, 3.63) is 51.5 Å². The molecule has 0 fully saturated rings. The van der Waals surface area contributed by atoms with E-state index < -0.39 is 11.7 Å². The first-order valence-corrected chi connectivity index (χ1v) is 11.6. The summed E-state index contributed by atoms with van der Waals surface area (Å²) >= 11 is 9.61. The minimum atomic E-state index is -0.688. The first-order valence-electron chi connectivity index (χ1n) is 10.5. The molecule has 0 bridgehead atoms. The van der Waals surface area contributed by atoms with Crippen molar-refractivity contribution >= 4 is 55.8 Å². The number of rotatable bonds is 12. The molecule has 3 N–H and O–H groups in total. The molecule has 1 heterocycles. The van der Waals surface area contributed by atoms with Crippen LogP contribution in [0.25, 0.3) is 11.0 Å². The van der Waals surface area contributed by atoms with Crippen LogP contribution >= 0.6 is 27.5 Å². The van der Waals surface area contributed by atoms with E-state index in [0.717, 1.165) is 17.3 Å². The van der Waals surface area contributed by atoms with Crippen LogP contribution < -0.4 is 10.8 Å². The average Bonchev–Trinajstić information content (AvgIpc) is 3.20. The summed E-state index contributed by atoms with van der Waals surface area (Å²) in [5.74, 6) is -1.36. The molecule has 33 heavy (non-hydrogen) atoms. The van der Waals surface area contributed by atoms with Crippen LogP contribution in [0, 0.1) is 5.82 Å². The number of amides is 1. The van der Waals surface area contributed by atoms with E-state index in [2.05, 4.69) is 31.7 Å². The van der Waals surface area contributed by atoms with Gasteiger partial charge in [0.05, 0.1) is 47.0 Å². The Hall–Kier alpha value is -2.24. The molecule has 0 saturated heterocycles. The number of hydrogen-bond donors (Lipinski definition) is 3. The zero-order chi connectivity index (χ0) is 23.8. The second kappa shape index (κ2) is 12.3. The van der Waals surface area contributed by atoms with Crippen LogP contribution in [0.4, 0.5) is 15.8 Å². The number of hydroxylamine groups is 1. The molecule has 2 aromatic carbocycles. The molecule has 3 aromatic rings. The highest BCUT2D eigenvalue weighted by atomic mass is 79.9. The van der Waals surface area contributed by atoms with Gasteiger partial charge in [-0.2, -0.15) is 0 Å². The van der Waals surface area contributed by atoms with Gasteiger partial charge >= 0.3 is 0 Å². The summed E-state index contributed by atoms with van der Waals surface area (Å²) in [6.07, 6.45) is 3.21. The molecule has 0 atom stereocenters. The summed E-state index contributed by atoms with van der Waals surface area (Å²) in [4.78, 5) is 22.0. The van der Waals surface area contributed by atoms with Gasteiger partial charge in [-0.25, -0.2) is 14.9 Å². The van der Waals surface area contributed by atoms with E-state index in [1.807, 2.05) is 6.92 Å². The van der Waals surface area contributed by atoms with Gasteiger partial charge in [-0.3, -0.25) is 9.63 Å². The molecule has 0 saturated carbocycles. The lowest BCUT2D eigenvalue weighted by molar-refractivity contribution is 0.0169. The Labute approximate surface area is 204 Å². The van der Waals surface area contributed by atoms with Crippen LogP contribution in [0.2, 0.25) is 5.02 Å². The maximum absolute atomic E-state index is 15.6. The maximum Gasteiger partial charge on any atom is 0.277 e. The number of carbonyl (C=O) groups excluding carboxylic acids is 1. The fourth-order valence-electron chi connectivity index (χ4n) is 3.21. The Bertz CT molecular complexity index is 1110. The number of aliphatic hydroxyl groups is 1. The summed E-state index contributed by atoms with van der Waals surface area (Å²) in [5, 5.41) is 12.2. The molecule has 0 aliphatic carbocycles. The lowest BCUT2D eigenvalue weighted by atomic mass is 10.1. The predicted molar refractivity (Wildman–Crippen MR) is 128 cm³/mol. The van der Waals surface area contributed by atoms with Crippen LogP contribution in [-0.2, 0) is 16.1 Å². The zero-order valence-corrected chi connectivity index (χ0v) is 20.4. The molecule has 3 rings (SSSR count). The number of benzene rings is 2. The van der Waals surface area contributed by atoms with Crippen molar-refractivity contribution in [2.45, 2.75) is 26.3 Å². The topological polar surface area (TPSA) is 97.6 Å². The predicted octanol–water partition coefficient (Wildman–Crippen LogP) is 4.81. The number of aryl methyl sites for hydroxylation is 1. The third kappa shape index (κ3) is 6.42. The van der Waals surface area contributed by atoms with Crippen molar-refractivity contribution in [3.63, 3.8) is 0 Å². The molecule has 11 heteroatoms. The maximum atomic E-state index is 15.6. The van der Waals surface area contributed by atoms with Crippen molar-refractivity contribution in [2.24, 2.45) is 0 Å². The fourth-order valence-corrected chi connectivity index (χ4v) is 3.93. The molecule has 0 aliphatic rings. The normalized spacial score (nSPS) is 11.2. The quantitative estimate of drug-likeness (QED) is 0.224. The molecule has 1 amide bonds. The van der Waals surface area contributed by atoms with E-state index in [4.69, 9.17) is 26.3 Å². The highest BCUT2D eigenvalue weighted by molar-refractivity contribution is 9.10. The number of aromatic nitrogens is 2. The minimum Gasteiger partial charge on any atom is -0.394 e. The number of halogens is 3. The average molecular weight is 544 g/mol. The summed E-state index contributed by atoms with van der Waals surface area (Å²) in [6, 6.07) is 6.62. The second-order valence-electron chi connectivity index (χ2n) is 7.08. The van der Waals surface area contributed by atoms with Gasteiger partial charge in [0.2, 0.25) is 0 Å². The molecule has 0 unspecified atom stereocenters. The van der Waals surface area contributed by atoms with E-state index in [0.29, 0.717) is 36.0 Å². The van der Waals surface area contributed by atoms with E-state index in [9.17, 15) is 4.79 Å². The van der Waals surface area contributed by atoms with E-state index in [1.165, 1.54) is 0 Å². The van der Waals surface area contributed by atoms with Crippen molar-refractivity contribution in [1.29, 1.82) is 0 Å². The number of aliphatic hydroxyl groups excluding tert-OH is 1. The Morgan fingerprint density at radius 2 is 2.12 bits per heavy atom. The van der Waals surface area contributed by atoms with Gasteiger partial charge < -0.3 is 19.7 Å². The molecular formula is C22H25BrClFN4O4. The molecule has 0 radical (unpaired) electrons. The van der Waals surface area contributed by atoms with Gasteiger partial charge in [0.1, 0.15) is 5.52 Å². The summed E-state index contributed by atoms with van der Waals surface area (Å²) < 4.78 is 23.5. The van der Waals surface area contributed by atoms with Gasteiger partial charge in [0.25, 0.3) is 5.91 Å². The van der Waals surface area contributed by atoms with Crippen LogP contribution in [-0.4, -0.2) is 47.0 Å². The summed E-state index contributed by atoms with van der Waals surface area (Å²) in [7, 11) is 0. The van der Waals surface area contributed by atoms with Crippen LogP contribution in [0.3, 0.4) is 0 Å². The summed E-state index contributed by atoms with van der Waals surface area (Å²) in [5.41, 5.74) is 3.17. The largest absolute Gasteiger partial charge is 0.394 e. The number of ether oxygens (including phenoxy) is 1. The van der Waals surface area contributed by atoms with Crippen molar-refractivity contribution < 1.29 is 23.9 Å². The van der Waals surface area contributed by atoms with Crippen molar-refractivity contribution in [3.8, 4) is 0 Å². The zero-order valence-electron chi connectivity index (χ0n) is 18.0. The van der Waals surface area contributed by atoms with Crippen LogP contribution in [0.15, 0.2) is 35.1 Å². The number of carbonyl (C=O) groups is 1. The Morgan fingerprint density at radius 1 is 1.30 bits per heavy atom. The van der Waals surface area contributed by atoms with Crippen molar-refractivity contribution in [2.75, 3.05) is 31.7 Å².